The molecule has 0 nitrogen and oxygen atoms in total. The van der Waals surface area contributed by atoms with Crippen molar-refractivity contribution in [3.63, 3.8) is 0 Å². The molecule has 31 heavy (non-hydrogen) atoms. The van der Waals surface area contributed by atoms with Gasteiger partial charge in [-0.25, -0.2) is 0 Å². The van der Waals surface area contributed by atoms with Gasteiger partial charge < -0.3 is 0 Å². The Bertz CT molecular complexity index is 754. The molecule has 0 aromatic carbocycles. The maximum Gasteiger partial charge on any atom is -0.00593 e. The van der Waals surface area contributed by atoms with Crippen LogP contribution in [0.2, 0.25) is 0 Å². The first kappa shape index (κ1) is 23.6. The summed E-state index contributed by atoms with van der Waals surface area (Å²) in [5, 5.41) is 0. The van der Waals surface area contributed by atoms with E-state index in [9.17, 15) is 0 Å². The Balaban J connectivity index is 1.62. The average Bonchev–Trinajstić information content (AvgIpc) is 2.67. The highest BCUT2D eigenvalue weighted by Gasteiger charge is 2.65. The van der Waals surface area contributed by atoms with Crippen LogP contribution in [0, 0.1) is 44.8 Å². The standard InChI is InChI=1S/C31H52/c1-22(2)23(3)13-17-28(6)19-20-30(8)24(21-28)11-12-26-29(7)16-10-15-27(4,5)25(29)14-18-31(26,30)9/h21,23,25-26H,1,10-20H2,2-9H3/t23-,25-,26+,28+,29-,30+,31+/m0/s1. The third kappa shape index (κ3) is 3.52. The van der Waals surface area contributed by atoms with Gasteiger partial charge in [-0.1, -0.05) is 78.7 Å². The van der Waals surface area contributed by atoms with Crippen LogP contribution in [-0.2, 0) is 0 Å². The largest absolute Gasteiger partial charge is 0.0999 e. The fourth-order valence-corrected chi connectivity index (χ4v) is 9.60. The van der Waals surface area contributed by atoms with Crippen LogP contribution in [0.15, 0.2) is 23.8 Å². The van der Waals surface area contributed by atoms with Crippen molar-refractivity contribution >= 4 is 0 Å². The van der Waals surface area contributed by atoms with Crippen molar-refractivity contribution in [2.24, 2.45) is 44.8 Å². The monoisotopic (exact) mass is 424 g/mol. The van der Waals surface area contributed by atoms with Gasteiger partial charge in [0.05, 0.1) is 0 Å². The lowest BCUT2D eigenvalue weighted by Gasteiger charge is -2.69. The molecule has 0 unspecified atom stereocenters. The van der Waals surface area contributed by atoms with Crippen LogP contribution in [0.5, 0.6) is 0 Å². The molecule has 0 N–H and O–H groups in total. The topological polar surface area (TPSA) is 0 Å². The molecule has 0 bridgehead atoms. The van der Waals surface area contributed by atoms with Crippen molar-refractivity contribution in [2.75, 3.05) is 0 Å². The maximum atomic E-state index is 4.21. The van der Waals surface area contributed by atoms with Crippen LogP contribution < -0.4 is 0 Å². The molecule has 0 heterocycles. The average molecular weight is 425 g/mol. The first-order valence-electron chi connectivity index (χ1n) is 13.7. The SMILES string of the molecule is C=C(C)[C@@H](C)CC[C@@]1(C)C=C2CC[C@@H]3[C@@]4(C)CCCC(C)(C)[C@@H]4CC[C@@]3(C)[C@]2(C)CC1. The Labute approximate surface area is 194 Å². The minimum atomic E-state index is 0.398. The van der Waals surface area contributed by atoms with Gasteiger partial charge in [0, 0.05) is 0 Å². The smallest absolute Gasteiger partial charge is 0.00593 e. The normalized spacial score (nSPS) is 47.4. The number of allylic oxidation sites excluding steroid dienone is 3. The van der Waals surface area contributed by atoms with Crippen LogP contribution in [0.3, 0.4) is 0 Å². The second-order valence-corrected chi connectivity index (χ2v) is 14.4. The Morgan fingerprint density at radius 2 is 1.68 bits per heavy atom. The quantitative estimate of drug-likeness (QED) is 0.394. The van der Waals surface area contributed by atoms with E-state index in [4.69, 9.17) is 0 Å². The van der Waals surface area contributed by atoms with Crippen LogP contribution in [-0.4, -0.2) is 0 Å². The van der Waals surface area contributed by atoms with Gasteiger partial charge >= 0.3 is 0 Å². The Morgan fingerprint density at radius 3 is 2.35 bits per heavy atom. The van der Waals surface area contributed by atoms with Crippen LogP contribution in [0.1, 0.15) is 126 Å². The third-order valence-electron chi connectivity index (χ3n) is 12.2. The zero-order valence-corrected chi connectivity index (χ0v) is 22.3. The van der Waals surface area contributed by atoms with E-state index >= 15 is 0 Å². The highest BCUT2D eigenvalue weighted by atomic mass is 14.7. The van der Waals surface area contributed by atoms with Gasteiger partial charge in [0.15, 0.2) is 0 Å². The number of rotatable bonds is 4. The Morgan fingerprint density at radius 1 is 0.968 bits per heavy atom. The van der Waals surface area contributed by atoms with Gasteiger partial charge in [-0.2, -0.15) is 0 Å². The minimum absolute atomic E-state index is 0.398. The van der Waals surface area contributed by atoms with Crippen molar-refractivity contribution in [1.82, 2.24) is 0 Å². The van der Waals surface area contributed by atoms with E-state index < -0.39 is 0 Å². The molecular formula is C31H52. The lowest BCUT2D eigenvalue weighted by atomic mass is 9.35. The summed E-state index contributed by atoms with van der Waals surface area (Å²) in [4.78, 5) is 0. The summed E-state index contributed by atoms with van der Waals surface area (Å²) in [7, 11) is 0. The molecule has 176 valence electrons. The van der Waals surface area contributed by atoms with Crippen molar-refractivity contribution in [3.05, 3.63) is 23.8 Å². The second-order valence-electron chi connectivity index (χ2n) is 14.4. The van der Waals surface area contributed by atoms with E-state index in [1.165, 1.54) is 76.2 Å². The number of hydrogen-bond donors (Lipinski definition) is 0. The second kappa shape index (κ2) is 7.50. The van der Waals surface area contributed by atoms with Gasteiger partial charge in [0.25, 0.3) is 0 Å². The fraction of sp³-hybridized carbons (Fsp3) is 0.871. The Kier molecular flexibility index (Phi) is 5.71. The lowest BCUT2D eigenvalue weighted by Crippen LogP contribution is -2.61. The molecule has 0 heteroatoms. The lowest BCUT2D eigenvalue weighted by molar-refractivity contribution is -0.178. The molecule has 7 atom stereocenters. The van der Waals surface area contributed by atoms with Gasteiger partial charge in [0.1, 0.15) is 0 Å². The first-order valence-corrected chi connectivity index (χ1v) is 13.7. The highest BCUT2D eigenvalue weighted by molar-refractivity contribution is 5.30. The summed E-state index contributed by atoms with van der Waals surface area (Å²) in [6.07, 6.45) is 18.3. The highest BCUT2D eigenvalue weighted by Crippen LogP contribution is 2.74. The number of hydrogen-bond acceptors (Lipinski definition) is 0. The van der Waals surface area contributed by atoms with Crippen LogP contribution in [0.4, 0.5) is 0 Å². The first-order chi connectivity index (χ1) is 14.3. The van der Waals surface area contributed by atoms with E-state index in [1.807, 2.05) is 5.57 Å². The summed E-state index contributed by atoms with van der Waals surface area (Å²) in [5.74, 6) is 2.49. The summed E-state index contributed by atoms with van der Waals surface area (Å²) in [6, 6.07) is 0. The molecule has 3 saturated carbocycles. The van der Waals surface area contributed by atoms with Crippen LogP contribution in [0.25, 0.3) is 0 Å². The van der Waals surface area contributed by atoms with Crippen LogP contribution >= 0.6 is 0 Å². The van der Waals surface area contributed by atoms with E-state index in [0.717, 1.165) is 11.8 Å². The molecule has 0 radical (unpaired) electrons. The molecule has 0 spiro atoms. The van der Waals surface area contributed by atoms with Crippen molar-refractivity contribution in [3.8, 4) is 0 Å². The van der Waals surface area contributed by atoms with Crippen molar-refractivity contribution < 1.29 is 0 Å². The van der Waals surface area contributed by atoms with E-state index in [2.05, 4.69) is 68.0 Å². The molecular weight excluding hydrogens is 372 g/mol. The summed E-state index contributed by atoms with van der Waals surface area (Å²) in [6.45, 7) is 24.7. The molecule has 4 aliphatic rings. The van der Waals surface area contributed by atoms with E-state index in [0.29, 0.717) is 33.0 Å². The molecule has 3 fully saturated rings. The molecule has 4 aliphatic carbocycles. The van der Waals surface area contributed by atoms with Gasteiger partial charge in [0.2, 0.25) is 0 Å². The Hall–Kier alpha value is -0.520. The zero-order valence-electron chi connectivity index (χ0n) is 22.3. The maximum absolute atomic E-state index is 4.21. The minimum Gasteiger partial charge on any atom is -0.0999 e. The summed E-state index contributed by atoms with van der Waals surface area (Å²) >= 11 is 0. The van der Waals surface area contributed by atoms with Gasteiger partial charge in [-0.05, 0) is 116 Å². The molecule has 0 aromatic rings. The number of fused-ring (bicyclic) bond motifs is 5. The van der Waals surface area contributed by atoms with E-state index in [1.54, 1.807) is 0 Å². The van der Waals surface area contributed by atoms with E-state index in [-0.39, 0.29) is 0 Å². The predicted octanol–water partition coefficient (Wildman–Crippen LogP) is 9.75. The third-order valence-corrected chi connectivity index (χ3v) is 12.2. The molecule has 0 aromatic heterocycles. The summed E-state index contributed by atoms with van der Waals surface area (Å²) < 4.78 is 0. The molecule has 0 aliphatic heterocycles. The predicted molar refractivity (Wildman–Crippen MR) is 136 cm³/mol. The zero-order chi connectivity index (χ0) is 22.9. The van der Waals surface area contributed by atoms with Gasteiger partial charge in [-0.15, -0.1) is 0 Å². The molecule has 4 rings (SSSR count). The van der Waals surface area contributed by atoms with Crippen molar-refractivity contribution in [1.29, 1.82) is 0 Å². The molecule has 0 saturated heterocycles. The molecule has 0 amide bonds. The van der Waals surface area contributed by atoms with Crippen molar-refractivity contribution in [2.45, 2.75) is 126 Å². The van der Waals surface area contributed by atoms with Gasteiger partial charge in [-0.3, -0.25) is 0 Å². The fourth-order valence-electron chi connectivity index (χ4n) is 9.60. The summed E-state index contributed by atoms with van der Waals surface area (Å²) in [5.41, 5.74) is 5.60.